The molecule has 1 heterocycles. The molecule has 2 rings (SSSR count). The second kappa shape index (κ2) is 6.90. The van der Waals surface area contributed by atoms with Crippen LogP contribution in [0.5, 0.6) is 5.75 Å². The van der Waals surface area contributed by atoms with E-state index in [2.05, 4.69) is 20.3 Å². The molecule has 9 heteroatoms. The molecule has 0 aliphatic heterocycles. The van der Waals surface area contributed by atoms with Gasteiger partial charge in [0.05, 0.1) is 12.6 Å². The van der Waals surface area contributed by atoms with Crippen LogP contribution < -0.4 is 15.8 Å². The van der Waals surface area contributed by atoms with Crippen LogP contribution in [0, 0.1) is 6.92 Å². The predicted octanol–water partition coefficient (Wildman–Crippen LogP) is 3.35. The standard InChI is InChI=1S/C15H18F3N5O/c1-4-24-11-6-5-10(7-8(11)2)9(3)20-14-22-12(15(16,17)18)21-13(19)23-14/h5-7,9H,4H2,1-3H3,(H3,19,20,21,22,23). The van der Waals surface area contributed by atoms with Crippen molar-refractivity contribution < 1.29 is 17.9 Å². The number of nitrogen functional groups attached to an aromatic ring is 1. The molecule has 0 aliphatic rings. The van der Waals surface area contributed by atoms with Crippen molar-refractivity contribution in [2.45, 2.75) is 33.0 Å². The molecule has 1 aromatic heterocycles. The van der Waals surface area contributed by atoms with Gasteiger partial charge < -0.3 is 15.8 Å². The van der Waals surface area contributed by atoms with Crippen molar-refractivity contribution in [3.8, 4) is 5.75 Å². The normalized spacial score (nSPS) is 12.8. The van der Waals surface area contributed by atoms with Gasteiger partial charge in [0.25, 0.3) is 0 Å². The summed E-state index contributed by atoms with van der Waals surface area (Å²) in [4.78, 5) is 10.2. The molecule has 0 radical (unpaired) electrons. The fourth-order valence-corrected chi connectivity index (χ4v) is 2.12. The van der Waals surface area contributed by atoms with E-state index in [-0.39, 0.29) is 12.0 Å². The Morgan fingerprint density at radius 1 is 1.25 bits per heavy atom. The van der Waals surface area contributed by atoms with Gasteiger partial charge in [-0.1, -0.05) is 12.1 Å². The van der Waals surface area contributed by atoms with Crippen molar-refractivity contribution >= 4 is 11.9 Å². The summed E-state index contributed by atoms with van der Waals surface area (Å²) in [6.45, 7) is 6.12. The Bertz CT molecular complexity index is 721. The lowest BCUT2D eigenvalue weighted by atomic mass is 10.1. The Morgan fingerprint density at radius 2 is 1.96 bits per heavy atom. The summed E-state index contributed by atoms with van der Waals surface area (Å²) < 4.78 is 43.6. The van der Waals surface area contributed by atoms with E-state index in [1.54, 1.807) is 6.92 Å². The molecule has 2 aromatic rings. The zero-order chi connectivity index (χ0) is 17.9. The molecular weight excluding hydrogens is 323 g/mol. The number of hydrogen-bond acceptors (Lipinski definition) is 6. The number of ether oxygens (including phenoxy) is 1. The van der Waals surface area contributed by atoms with Gasteiger partial charge in [0.15, 0.2) is 0 Å². The fourth-order valence-electron chi connectivity index (χ4n) is 2.12. The van der Waals surface area contributed by atoms with Crippen LogP contribution in [0.25, 0.3) is 0 Å². The van der Waals surface area contributed by atoms with Gasteiger partial charge in [-0.2, -0.15) is 28.1 Å². The number of nitrogens with two attached hydrogens (primary N) is 1. The first-order valence-corrected chi connectivity index (χ1v) is 7.29. The first-order valence-electron chi connectivity index (χ1n) is 7.29. The number of rotatable bonds is 5. The number of hydrogen-bond donors (Lipinski definition) is 2. The summed E-state index contributed by atoms with van der Waals surface area (Å²) in [5.41, 5.74) is 7.10. The molecule has 6 nitrogen and oxygen atoms in total. The van der Waals surface area contributed by atoms with E-state index < -0.39 is 17.9 Å². The summed E-state index contributed by atoms with van der Waals surface area (Å²) in [7, 11) is 0. The Labute approximate surface area is 137 Å². The van der Waals surface area contributed by atoms with Gasteiger partial charge in [0.2, 0.25) is 17.7 Å². The zero-order valence-corrected chi connectivity index (χ0v) is 13.5. The maximum Gasteiger partial charge on any atom is 0.451 e. The molecule has 1 aromatic carbocycles. The highest BCUT2D eigenvalue weighted by Crippen LogP contribution is 2.28. The van der Waals surface area contributed by atoms with Crippen LogP contribution in [0.4, 0.5) is 25.1 Å². The number of halogens is 3. The Balaban J connectivity index is 2.22. The highest BCUT2D eigenvalue weighted by atomic mass is 19.4. The molecule has 1 unspecified atom stereocenters. The van der Waals surface area contributed by atoms with Gasteiger partial charge in [-0.3, -0.25) is 0 Å². The summed E-state index contributed by atoms with van der Waals surface area (Å²) in [6, 6.07) is 5.19. The van der Waals surface area contributed by atoms with Crippen LogP contribution in [0.3, 0.4) is 0 Å². The second-order valence-electron chi connectivity index (χ2n) is 5.16. The third-order valence-electron chi connectivity index (χ3n) is 3.25. The number of anilines is 2. The lowest BCUT2D eigenvalue weighted by Crippen LogP contribution is -2.17. The molecule has 0 aliphatic carbocycles. The Hall–Kier alpha value is -2.58. The largest absolute Gasteiger partial charge is 0.494 e. The van der Waals surface area contributed by atoms with Crippen LogP contribution in [-0.2, 0) is 6.18 Å². The topological polar surface area (TPSA) is 86.0 Å². The van der Waals surface area contributed by atoms with Crippen molar-refractivity contribution in [1.29, 1.82) is 0 Å². The van der Waals surface area contributed by atoms with E-state index in [4.69, 9.17) is 10.5 Å². The van der Waals surface area contributed by atoms with Gasteiger partial charge in [0.1, 0.15) is 5.75 Å². The van der Waals surface area contributed by atoms with Gasteiger partial charge in [0, 0.05) is 0 Å². The van der Waals surface area contributed by atoms with Gasteiger partial charge in [-0.25, -0.2) is 0 Å². The monoisotopic (exact) mass is 341 g/mol. The number of aromatic nitrogens is 3. The summed E-state index contributed by atoms with van der Waals surface area (Å²) in [5.74, 6) is -1.28. The summed E-state index contributed by atoms with van der Waals surface area (Å²) in [6.07, 6.45) is -4.69. The van der Waals surface area contributed by atoms with Crippen molar-refractivity contribution in [2.75, 3.05) is 17.7 Å². The van der Waals surface area contributed by atoms with Crippen molar-refractivity contribution in [3.63, 3.8) is 0 Å². The van der Waals surface area contributed by atoms with E-state index in [0.717, 1.165) is 16.9 Å². The van der Waals surface area contributed by atoms with E-state index in [1.165, 1.54) is 0 Å². The third-order valence-corrected chi connectivity index (χ3v) is 3.25. The zero-order valence-electron chi connectivity index (χ0n) is 13.5. The molecule has 0 spiro atoms. The first-order chi connectivity index (χ1) is 11.2. The molecule has 0 saturated carbocycles. The molecular formula is C15H18F3N5O. The van der Waals surface area contributed by atoms with Crippen LogP contribution in [0.1, 0.15) is 36.8 Å². The molecule has 0 saturated heterocycles. The smallest absolute Gasteiger partial charge is 0.451 e. The Morgan fingerprint density at radius 3 is 2.54 bits per heavy atom. The average Bonchev–Trinajstić information content (AvgIpc) is 2.48. The maximum atomic E-state index is 12.7. The molecule has 1 atom stereocenters. The number of nitrogens with one attached hydrogen (secondary N) is 1. The van der Waals surface area contributed by atoms with E-state index in [1.807, 2.05) is 32.0 Å². The highest BCUT2D eigenvalue weighted by molar-refractivity contribution is 5.41. The van der Waals surface area contributed by atoms with Crippen LogP contribution in [0.2, 0.25) is 0 Å². The first kappa shape index (κ1) is 17.8. The predicted molar refractivity (Wildman–Crippen MR) is 83.6 cm³/mol. The maximum absolute atomic E-state index is 12.7. The second-order valence-corrected chi connectivity index (χ2v) is 5.16. The molecule has 0 amide bonds. The van der Waals surface area contributed by atoms with Gasteiger partial charge in [-0.15, -0.1) is 0 Å². The molecule has 0 fully saturated rings. The minimum Gasteiger partial charge on any atom is -0.494 e. The molecule has 130 valence electrons. The molecule has 24 heavy (non-hydrogen) atoms. The van der Waals surface area contributed by atoms with Gasteiger partial charge in [-0.05, 0) is 38.0 Å². The summed E-state index contributed by atoms with van der Waals surface area (Å²) >= 11 is 0. The lowest BCUT2D eigenvalue weighted by Gasteiger charge is -2.17. The van der Waals surface area contributed by atoms with Crippen molar-refractivity contribution in [3.05, 3.63) is 35.2 Å². The van der Waals surface area contributed by atoms with E-state index in [9.17, 15) is 13.2 Å². The van der Waals surface area contributed by atoms with E-state index >= 15 is 0 Å². The quantitative estimate of drug-likeness (QED) is 0.867. The van der Waals surface area contributed by atoms with Crippen LogP contribution in [0.15, 0.2) is 18.2 Å². The average molecular weight is 341 g/mol. The van der Waals surface area contributed by atoms with Crippen molar-refractivity contribution in [2.24, 2.45) is 0 Å². The minimum absolute atomic E-state index is 0.228. The Kier molecular flexibility index (Phi) is 5.10. The van der Waals surface area contributed by atoms with Crippen LogP contribution in [-0.4, -0.2) is 21.6 Å². The SMILES string of the molecule is CCOc1ccc(C(C)Nc2nc(N)nc(C(F)(F)F)n2)cc1C. The molecule has 0 bridgehead atoms. The van der Waals surface area contributed by atoms with Crippen molar-refractivity contribution in [1.82, 2.24) is 15.0 Å². The summed E-state index contributed by atoms with van der Waals surface area (Å²) in [5, 5.41) is 2.81. The van der Waals surface area contributed by atoms with E-state index in [0.29, 0.717) is 6.61 Å². The number of nitrogens with zero attached hydrogens (tertiary/aromatic N) is 3. The number of benzene rings is 1. The third kappa shape index (κ3) is 4.24. The fraction of sp³-hybridized carbons (Fsp3) is 0.400. The highest BCUT2D eigenvalue weighted by Gasteiger charge is 2.35. The lowest BCUT2D eigenvalue weighted by molar-refractivity contribution is -0.144. The number of alkyl halides is 3. The number of aryl methyl sites for hydroxylation is 1. The van der Waals surface area contributed by atoms with Gasteiger partial charge >= 0.3 is 6.18 Å². The minimum atomic E-state index is -4.69. The molecule has 3 N–H and O–H groups in total. The van der Waals surface area contributed by atoms with Crippen LogP contribution >= 0.6 is 0 Å².